The van der Waals surface area contributed by atoms with Gasteiger partial charge in [-0.1, -0.05) is 25.1 Å². The minimum Gasteiger partial charge on any atom is -0.298 e. The maximum absolute atomic E-state index is 12.1. The highest BCUT2D eigenvalue weighted by atomic mass is 16.2. The molecule has 0 aromatic heterocycles. The highest BCUT2D eigenvalue weighted by molar-refractivity contribution is 6.26. The number of carbonyl (C=O) groups excluding carboxylic acids is 2. The van der Waals surface area contributed by atoms with Crippen molar-refractivity contribution < 1.29 is 9.59 Å². The van der Waals surface area contributed by atoms with Crippen molar-refractivity contribution in [1.82, 2.24) is 0 Å². The van der Waals surface area contributed by atoms with Crippen LogP contribution in [0.5, 0.6) is 0 Å². The number of hydrogen-bond donors (Lipinski definition) is 0. The Bertz CT molecular complexity index is 479. The first-order chi connectivity index (χ1) is 8.15. The van der Waals surface area contributed by atoms with Crippen LogP contribution < -0.4 is 5.01 Å². The van der Waals surface area contributed by atoms with Crippen LogP contribution in [0.1, 0.15) is 20.3 Å². The molecule has 17 heavy (non-hydrogen) atoms. The van der Waals surface area contributed by atoms with Crippen LogP contribution in [0.15, 0.2) is 35.4 Å². The quantitative estimate of drug-likeness (QED) is 0.746. The van der Waals surface area contributed by atoms with E-state index < -0.39 is 5.92 Å². The van der Waals surface area contributed by atoms with Crippen molar-refractivity contribution in [2.24, 2.45) is 11.0 Å². The molecule has 0 radical (unpaired) electrons. The Morgan fingerprint density at radius 2 is 2.00 bits per heavy atom. The van der Waals surface area contributed by atoms with E-state index in [4.69, 9.17) is 0 Å². The zero-order chi connectivity index (χ0) is 12.4. The average Bonchev–Trinajstić information content (AvgIpc) is 2.65. The number of hydrazone groups is 1. The molecule has 0 fully saturated rings. The van der Waals surface area contributed by atoms with Gasteiger partial charge < -0.3 is 0 Å². The van der Waals surface area contributed by atoms with Crippen molar-refractivity contribution in [3.63, 3.8) is 0 Å². The summed E-state index contributed by atoms with van der Waals surface area (Å²) < 4.78 is 0. The fourth-order valence-corrected chi connectivity index (χ4v) is 1.89. The predicted octanol–water partition coefficient (Wildman–Crippen LogP) is 2.00. The Morgan fingerprint density at radius 1 is 1.35 bits per heavy atom. The van der Waals surface area contributed by atoms with Crippen molar-refractivity contribution in [1.29, 1.82) is 0 Å². The van der Waals surface area contributed by atoms with Gasteiger partial charge in [0.1, 0.15) is 5.92 Å². The molecule has 1 aliphatic heterocycles. The van der Waals surface area contributed by atoms with Crippen molar-refractivity contribution in [3.05, 3.63) is 30.3 Å². The zero-order valence-corrected chi connectivity index (χ0v) is 9.88. The first-order valence-electron chi connectivity index (χ1n) is 5.62. The fraction of sp³-hybridized carbons (Fsp3) is 0.308. The van der Waals surface area contributed by atoms with Gasteiger partial charge in [0.15, 0.2) is 5.78 Å². The van der Waals surface area contributed by atoms with E-state index in [1.807, 2.05) is 18.2 Å². The smallest absolute Gasteiger partial charge is 0.263 e. The van der Waals surface area contributed by atoms with Crippen LogP contribution in [0.2, 0.25) is 0 Å². The highest BCUT2D eigenvalue weighted by Gasteiger charge is 2.38. The molecule has 0 saturated carbocycles. The fourth-order valence-electron chi connectivity index (χ4n) is 1.89. The summed E-state index contributed by atoms with van der Waals surface area (Å²) in [4.78, 5) is 23.8. The Hall–Kier alpha value is -1.97. The summed E-state index contributed by atoms with van der Waals surface area (Å²) >= 11 is 0. The van der Waals surface area contributed by atoms with E-state index in [2.05, 4.69) is 5.10 Å². The van der Waals surface area contributed by atoms with Crippen molar-refractivity contribution in [2.75, 3.05) is 5.01 Å². The highest BCUT2D eigenvalue weighted by Crippen LogP contribution is 2.24. The lowest BCUT2D eigenvalue weighted by atomic mass is 9.97. The van der Waals surface area contributed by atoms with Gasteiger partial charge >= 0.3 is 0 Å². The number of Topliss-reactive ketones (excluding diaryl/α,β-unsaturated/α-hetero) is 1. The van der Waals surface area contributed by atoms with Gasteiger partial charge in [-0.3, -0.25) is 9.59 Å². The van der Waals surface area contributed by atoms with E-state index in [9.17, 15) is 9.59 Å². The molecule has 0 bridgehead atoms. The summed E-state index contributed by atoms with van der Waals surface area (Å²) in [5, 5.41) is 5.48. The Morgan fingerprint density at radius 3 is 2.59 bits per heavy atom. The molecule has 0 N–H and O–H groups in total. The van der Waals surface area contributed by atoms with Crippen molar-refractivity contribution >= 4 is 23.1 Å². The summed E-state index contributed by atoms with van der Waals surface area (Å²) in [7, 11) is 0. The van der Waals surface area contributed by atoms with Crippen molar-refractivity contribution in [3.8, 4) is 0 Å². The second-order valence-corrected chi connectivity index (χ2v) is 3.98. The monoisotopic (exact) mass is 230 g/mol. The summed E-state index contributed by atoms with van der Waals surface area (Å²) in [5.41, 5.74) is 1.27. The number of nitrogens with zero attached hydrogens (tertiary/aromatic N) is 2. The van der Waals surface area contributed by atoms with Gasteiger partial charge in [-0.2, -0.15) is 10.1 Å². The third-order valence-corrected chi connectivity index (χ3v) is 2.80. The summed E-state index contributed by atoms with van der Waals surface area (Å²) in [6.45, 7) is 3.48. The lowest BCUT2D eigenvalue weighted by Crippen LogP contribution is -2.32. The normalized spacial score (nSPS) is 19.4. The summed E-state index contributed by atoms with van der Waals surface area (Å²) in [6, 6.07) is 9.14. The molecule has 1 heterocycles. The van der Waals surface area contributed by atoms with Gasteiger partial charge in [0, 0.05) is 6.42 Å². The van der Waals surface area contributed by atoms with E-state index in [0.717, 1.165) is 0 Å². The molecule has 0 spiro atoms. The molecule has 1 aromatic rings. The maximum Gasteiger partial charge on any atom is 0.263 e. The molecule has 4 nitrogen and oxygen atoms in total. The molecule has 1 amide bonds. The summed E-state index contributed by atoms with van der Waals surface area (Å²) in [5.74, 6) is -1.02. The molecule has 88 valence electrons. The number of ketones is 1. The van der Waals surface area contributed by atoms with Gasteiger partial charge in [-0.15, -0.1) is 0 Å². The number of amides is 1. The molecular formula is C13H14N2O2. The van der Waals surface area contributed by atoms with Gasteiger partial charge in [-0.25, -0.2) is 0 Å². The molecule has 1 atom stereocenters. The molecule has 2 rings (SSSR count). The third-order valence-electron chi connectivity index (χ3n) is 2.80. The SMILES string of the molecule is CCC(=O)C1C(=O)N(c2ccccc2)N=C1C. The first-order valence-corrected chi connectivity index (χ1v) is 5.62. The second-order valence-electron chi connectivity index (χ2n) is 3.98. The van der Waals surface area contributed by atoms with Gasteiger partial charge in [0.05, 0.1) is 11.4 Å². The van der Waals surface area contributed by atoms with E-state index in [1.165, 1.54) is 5.01 Å². The molecule has 1 aliphatic rings. The summed E-state index contributed by atoms with van der Waals surface area (Å²) in [6.07, 6.45) is 0.353. The van der Waals surface area contributed by atoms with Gasteiger partial charge in [-0.05, 0) is 19.1 Å². The molecule has 0 saturated heterocycles. The zero-order valence-electron chi connectivity index (χ0n) is 9.88. The molecule has 1 aromatic carbocycles. The van der Waals surface area contributed by atoms with Crippen LogP contribution in [0.3, 0.4) is 0 Å². The van der Waals surface area contributed by atoms with E-state index in [0.29, 0.717) is 17.8 Å². The lowest BCUT2D eigenvalue weighted by Gasteiger charge is -2.13. The molecule has 4 heteroatoms. The van der Waals surface area contributed by atoms with Crippen LogP contribution in [-0.2, 0) is 9.59 Å². The van der Waals surface area contributed by atoms with Crippen LogP contribution in [0.4, 0.5) is 5.69 Å². The van der Waals surface area contributed by atoms with E-state index in [1.54, 1.807) is 26.0 Å². The van der Waals surface area contributed by atoms with E-state index in [-0.39, 0.29) is 11.7 Å². The molecular weight excluding hydrogens is 216 g/mol. The predicted molar refractivity (Wildman–Crippen MR) is 65.8 cm³/mol. The Kier molecular flexibility index (Phi) is 3.04. The lowest BCUT2D eigenvalue weighted by molar-refractivity contribution is -0.128. The molecule has 1 unspecified atom stereocenters. The molecule has 0 aliphatic carbocycles. The number of benzene rings is 1. The number of hydrogen-bond acceptors (Lipinski definition) is 3. The van der Waals surface area contributed by atoms with Gasteiger partial charge in [0.25, 0.3) is 5.91 Å². The maximum atomic E-state index is 12.1. The minimum absolute atomic E-state index is 0.0744. The number of para-hydroxylation sites is 1. The van der Waals surface area contributed by atoms with Crippen LogP contribution in [-0.4, -0.2) is 17.4 Å². The Balaban J connectivity index is 2.31. The third kappa shape index (κ3) is 1.98. The largest absolute Gasteiger partial charge is 0.298 e. The first kappa shape index (κ1) is 11.5. The number of rotatable bonds is 3. The van der Waals surface area contributed by atoms with Crippen LogP contribution >= 0.6 is 0 Å². The standard InChI is InChI=1S/C13H14N2O2/c1-3-11(16)12-9(2)14-15(13(12)17)10-7-5-4-6-8-10/h4-8,12H,3H2,1-2H3. The average molecular weight is 230 g/mol. The Labute approximate surface area is 99.9 Å². The van der Waals surface area contributed by atoms with Crippen molar-refractivity contribution in [2.45, 2.75) is 20.3 Å². The van der Waals surface area contributed by atoms with Gasteiger partial charge in [0.2, 0.25) is 0 Å². The minimum atomic E-state index is -0.694. The number of carbonyl (C=O) groups is 2. The second kappa shape index (κ2) is 4.49. The number of anilines is 1. The van der Waals surface area contributed by atoms with Crippen LogP contribution in [0, 0.1) is 5.92 Å². The van der Waals surface area contributed by atoms with Crippen LogP contribution in [0.25, 0.3) is 0 Å². The topological polar surface area (TPSA) is 49.7 Å². The van der Waals surface area contributed by atoms with E-state index >= 15 is 0 Å².